The maximum Gasteiger partial charge on any atom is 0.202 e. The maximum absolute atomic E-state index is 12.6. The molecule has 0 radical (unpaired) electrons. The van der Waals surface area contributed by atoms with E-state index in [2.05, 4.69) is 0 Å². The zero-order valence-corrected chi connectivity index (χ0v) is 12.5. The van der Waals surface area contributed by atoms with E-state index in [0.29, 0.717) is 16.2 Å². The number of rotatable bonds is 4. The highest BCUT2D eigenvalue weighted by Gasteiger charge is 2.18. The van der Waals surface area contributed by atoms with Crippen LogP contribution in [-0.2, 0) is 9.84 Å². The molecule has 2 rings (SSSR count). The van der Waals surface area contributed by atoms with Gasteiger partial charge in [0.15, 0.2) is 0 Å². The highest BCUT2D eigenvalue weighted by atomic mass is 32.2. The maximum atomic E-state index is 12.6. The summed E-state index contributed by atoms with van der Waals surface area (Å²) in [5, 5.41) is 0. The van der Waals surface area contributed by atoms with Crippen LogP contribution in [0.25, 0.3) is 6.08 Å². The molecule has 0 saturated heterocycles. The van der Waals surface area contributed by atoms with Crippen LogP contribution in [0.3, 0.4) is 0 Å². The van der Waals surface area contributed by atoms with Crippen molar-refractivity contribution >= 4 is 15.9 Å². The van der Waals surface area contributed by atoms with Crippen molar-refractivity contribution in [2.24, 2.45) is 0 Å². The van der Waals surface area contributed by atoms with Gasteiger partial charge in [-0.05, 0) is 37.1 Å². The Hall–Kier alpha value is -1.87. The number of allylic oxidation sites excluding steroid dienone is 1. The number of aryl methyl sites for hydroxylation is 1. The molecule has 0 N–H and O–H groups in total. The van der Waals surface area contributed by atoms with Gasteiger partial charge in [-0.15, -0.1) is 0 Å². The first kappa shape index (κ1) is 14.5. The van der Waals surface area contributed by atoms with Crippen LogP contribution in [0.4, 0.5) is 0 Å². The smallest absolute Gasteiger partial charge is 0.202 e. The summed E-state index contributed by atoms with van der Waals surface area (Å²) in [7, 11) is -3.40. The van der Waals surface area contributed by atoms with E-state index in [0.717, 1.165) is 11.1 Å². The van der Waals surface area contributed by atoms with E-state index < -0.39 is 9.84 Å². The fraction of sp³-hybridized carbons (Fsp3) is 0.176. The van der Waals surface area contributed by atoms with Gasteiger partial charge in [-0.25, -0.2) is 8.42 Å². The highest BCUT2D eigenvalue weighted by Crippen LogP contribution is 2.24. The summed E-state index contributed by atoms with van der Waals surface area (Å²) in [5.41, 5.74) is 1.95. The second kappa shape index (κ2) is 6.06. The molecule has 0 aliphatic rings. The quantitative estimate of drug-likeness (QED) is 0.843. The third kappa shape index (κ3) is 3.17. The van der Waals surface area contributed by atoms with Crippen molar-refractivity contribution in [1.82, 2.24) is 0 Å². The summed E-state index contributed by atoms with van der Waals surface area (Å²) in [6, 6.07) is 16.5. The van der Waals surface area contributed by atoms with Crippen molar-refractivity contribution in [1.29, 1.82) is 0 Å². The van der Waals surface area contributed by atoms with Crippen LogP contribution in [0.1, 0.15) is 24.5 Å². The van der Waals surface area contributed by atoms with Crippen molar-refractivity contribution in [3.63, 3.8) is 0 Å². The minimum atomic E-state index is -3.40. The van der Waals surface area contributed by atoms with Crippen LogP contribution in [-0.4, -0.2) is 8.42 Å². The van der Waals surface area contributed by atoms with Gasteiger partial charge in [0, 0.05) is 4.91 Å². The van der Waals surface area contributed by atoms with Gasteiger partial charge in [0.25, 0.3) is 0 Å². The van der Waals surface area contributed by atoms with E-state index in [1.165, 1.54) is 0 Å². The van der Waals surface area contributed by atoms with Crippen LogP contribution >= 0.6 is 0 Å². The molecule has 3 heteroatoms. The largest absolute Gasteiger partial charge is 0.219 e. The number of hydrogen-bond donors (Lipinski definition) is 0. The Kier molecular flexibility index (Phi) is 4.40. The van der Waals surface area contributed by atoms with E-state index >= 15 is 0 Å². The first-order chi connectivity index (χ1) is 9.54. The van der Waals surface area contributed by atoms with Crippen molar-refractivity contribution in [2.75, 3.05) is 0 Å². The number of hydrogen-bond acceptors (Lipinski definition) is 2. The second-order valence-corrected chi connectivity index (χ2v) is 6.69. The zero-order chi connectivity index (χ0) is 14.6. The summed E-state index contributed by atoms with van der Waals surface area (Å²) in [6.45, 7) is 3.80. The minimum absolute atomic E-state index is 0.354. The summed E-state index contributed by atoms with van der Waals surface area (Å²) in [4.78, 5) is 0.791. The lowest BCUT2D eigenvalue weighted by atomic mass is 10.2. The van der Waals surface area contributed by atoms with E-state index in [9.17, 15) is 8.42 Å². The molecular weight excluding hydrogens is 268 g/mol. The van der Waals surface area contributed by atoms with Crippen molar-refractivity contribution < 1.29 is 8.42 Å². The normalized spacial score (nSPS) is 12.4. The Morgan fingerprint density at radius 2 is 1.60 bits per heavy atom. The molecule has 2 aromatic rings. The zero-order valence-electron chi connectivity index (χ0n) is 11.7. The molecule has 0 atom stereocenters. The fourth-order valence-electron chi connectivity index (χ4n) is 1.97. The molecule has 0 aliphatic heterocycles. The molecule has 104 valence electrons. The summed E-state index contributed by atoms with van der Waals surface area (Å²) < 4.78 is 25.2. The number of benzene rings is 2. The Bertz CT molecular complexity index is 696. The van der Waals surface area contributed by atoms with Crippen LogP contribution in [0.2, 0.25) is 0 Å². The Morgan fingerprint density at radius 3 is 2.15 bits per heavy atom. The van der Waals surface area contributed by atoms with Gasteiger partial charge in [0.2, 0.25) is 9.84 Å². The van der Waals surface area contributed by atoms with Gasteiger partial charge in [-0.3, -0.25) is 0 Å². The molecule has 2 aromatic carbocycles. The Balaban J connectivity index is 2.45. The fourth-order valence-corrected chi connectivity index (χ4v) is 3.44. The molecule has 20 heavy (non-hydrogen) atoms. The first-order valence-electron chi connectivity index (χ1n) is 6.61. The van der Waals surface area contributed by atoms with E-state index in [4.69, 9.17) is 0 Å². The average Bonchev–Trinajstić information content (AvgIpc) is 2.46. The molecule has 0 spiro atoms. The number of sulfone groups is 1. The lowest BCUT2D eigenvalue weighted by molar-refractivity contribution is 0.601. The van der Waals surface area contributed by atoms with Gasteiger partial charge in [0.1, 0.15) is 0 Å². The lowest BCUT2D eigenvalue weighted by Gasteiger charge is -2.08. The highest BCUT2D eigenvalue weighted by molar-refractivity contribution is 7.95. The molecule has 0 unspecified atom stereocenters. The standard InChI is InChI=1S/C17H18O2S/c1-3-16(13-15-7-5-4-6-8-15)20(18,19)17-11-9-14(2)10-12-17/h4-13H,3H2,1-2H3/b16-13+. The van der Waals surface area contributed by atoms with Gasteiger partial charge in [-0.2, -0.15) is 0 Å². The minimum Gasteiger partial charge on any atom is -0.219 e. The lowest BCUT2D eigenvalue weighted by Crippen LogP contribution is -2.04. The molecule has 0 amide bonds. The van der Waals surface area contributed by atoms with Crippen molar-refractivity contribution in [2.45, 2.75) is 25.2 Å². The summed E-state index contributed by atoms with van der Waals surface area (Å²) >= 11 is 0. The predicted octanol–water partition coefficient (Wildman–Crippen LogP) is 4.22. The molecule has 0 bridgehead atoms. The first-order valence-corrected chi connectivity index (χ1v) is 8.09. The predicted molar refractivity (Wildman–Crippen MR) is 83.1 cm³/mol. The second-order valence-electron chi connectivity index (χ2n) is 4.69. The molecule has 0 heterocycles. The Morgan fingerprint density at radius 1 is 1.00 bits per heavy atom. The van der Waals surface area contributed by atoms with Gasteiger partial charge in [0.05, 0.1) is 4.90 Å². The van der Waals surface area contributed by atoms with Gasteiger partial charge >= 0.3 is 0 Å². The van der Waals surface area contributed by atoms with E-state index in [1.807, 2.05) is 56.3 Å². The monoisotopic (exact) mass is 286 g/mol. The summed E-state index contributed by atoms with van der Waals surface area (Å²) in [6.07, 6.45) is 2.22. The van der Waals surface area contributed by atoms with Crippen molar-refractivity contribution in [3.8, 4) is 0 Å². The molecule has 0 aliphatic carbocycles. The van der Waals surface area contributed by atoms with Crippen LogP contribution in [0.5, 0.6) is 0 Å². The molecule has 0 fully saturated rings. The molecule has 0 aromatic heterocycles. The Labute approximate surface area is 120 Å². The molecular formula is C17H18O2S. The third-order valence-electron chi connectivity index (χ3n) is 3.15. The summed E-state index contributed by atoms with van der Waals surface area (Å²) in [5.74, 6) is 0. The molecule has 0 saturated carbocycles. The van der Waals surface area contributed by atoms with Crippen LogP contribution in [0.15, 0.2) is 64.4 Å². The van der Waals surface area contributed by atoms with E-state index in [1.54, 1.807) is 18.2 Å². The van der Waals surface area contributed by atoms with Crippen LogP contribution in [0, 0.1) is 6.92 Å². The topological polar surface area (TPSA) is 34.1 Å². The van der Waals surface area contributed by atoms with Crippen molar-refractivity contribution in [3.05, 3.63) is 70.6 Å². The van der Waals surface area contributed by atoms with E-state index in [-0.39, 0.29) is 0 Å². The SMILES string of the molecule is CC/C(=C\c1ccccc1)S(=O)(=O)c1ccc(C)cc1. The molecule has 2 nitrogen and oxygen atoms in total. The average molecular weight is 286 g/mol. The third-order valence-corrected chi connectivity index (χ3v) is 5.14. The van der Waals surface area contributed by atoms with Gasteiger partial charge in [-0.1, -0.05) is 55.0 Å². The van der Waals surface area contributed by atoms with Gasteiger partial charge < -0.3 is 0 Å². The van der Waals surface area contributed by atoms with Crippen LogP contribution < -0.4 is 0 Å².